The summed E-state index contributed by atoms with van der Waals surface area (Å²) in [5.41, 5.74) is 2.74. The minimum Gasteiger partial charge on any atom is -0.256 e. The quantitative estimate of drug-likeness (QED) is 0.720. The molecule has 20 heavy (non-hydrogen) atoms. The van der Waals surface area contributed by atoms with Gasteiger partial charge in [-0.15, -0.1) is 0 Å². The monoisotopic (exact) mass is 302 g/mol. The van der Waals surface area contributed by atoms with Crippen LogP contribution in [0.2, 0.25) is 10.6 Å². The molecule has 0 amide bonds. The zero-order chi connectivity index (χ0) is 13.9. The van der Waals surface area contributed by atoms with Gasteiger partial charge in [0.2, 0.25) is 10.6 Å². The average molecular weight is 303 g/mol. The molecule has 2 aromatic heterocycles. The van der Waals surface area contributed by atoms with Crippen LogP contribution in [0.1, 0.15) is 0 Å². The summed E-state index contributed by atoms with van der Waals surface area (Å²) in [5, 5.41) is 0.155. The van der Waals surface area contributed by atoms with E-state index in [9.17, 15) is 0 Å². The van der Waals surface area contributed by atoms with Gasteiger partial charge in [-0.25, -0.2) is 0 Å². The summed E-state index contributed by atoms with van der Waals surface area (Å²) < 4.78 is 0. The van der Waals surface area contributed by atoms with Crippen molar-refractivity contribution in [2.24, 2.45) is 0 Å². The van der Waals surface area contributed by atoms with E-state index in [1.165, 1.54) is 0 Å². The summed E-state index contributed by atoms with van der Waals surface area (Å²) in [6.07, 6.45) is 1.76. The smallest absolute Gasteiger partial charge is 0.227 e. The van der Waals surface area contributed by atoms with E-state index in [-0.39, 0.29) is 10.6 Å². The Hall–Kier alpha value is -2.04. The van der Waals surface area contributed by atoms with Gasteiger partial charge < -0.3 is 0 Å². The Morgan fingerprint density at radius 1 is 0.700 bits per heavy atom. The van der Waals surface area contributed by atoms with Crippen LogP contribution in [0.4, 0.5) is 0 Å². The Bertz CT molecular complexity index is 710. The molecule has 0 spiro atoms. The van der Waals surface area contributed by atoms with Gasteiger partial charge in [-0.1, -0.05) is 30.3 Å². The Balaban J connectivity index is 1.97. The molecule has 0 aliphatic carbocycles. The van der Waals surface area contributed by atoms with E-state index in [2.05, 4.69) is 19.9 Å². The molecule has 4 nitrogen and oxygen atoms in total. The highest BCUT2D eigenvalue weighted by molar-refractivity contribution is 6.31. The third-order valence-corrected chi connectivity index (χ3v) is 3.02. The SMILES string of the molecule is Clc1nc(Cl)nc(-c2ccc(-c3ccccn3)cc2)n1. The summed E-state index contributed by atoms with van der Waals surface area (Å²) in [4.78, 5) is 16.1. The minimum absolute atomic E-state index is 0.0776. The second kappa shape index (κ2) is 5.53. The van der Waals surface area contributed by atoms with Gasteiger partial charge in [0.25, 0.3) is 0 Å². The van der Waals surface area contributed by atoms with E-state index in [1.807, 2.05) is 42.5 Å². The Labute approximate surface area is 125 Å². The minimum atomic E-state index is 0.0776. The Kier molecular flexibility index (Phi) is 3.58. The van der Waals surface area contributed by atoms with Gasteiger partial charge in [0.1, 0.15) is 0 Å². The lowest BCUT2D eigenvalue weighted by Gasteiger charge is -2.03. The van der Waals surface area contributed by atoms with Gasteiger partial charge in [-0.2, -0.15) is 15.0 Å². The molecule has 0 aliphatic rings. The lowest BCUT2D eigenvalue weighted by Crippen LogP contribution is -1.93. The fourth-order valence-electron chi connectivity index (χ4n) is 1.78. The fourth-order valence-corrected chi connectivity index (χ4v) is 2.14. The fraction of sp³-hybridized carbons (Fsp3) is 0. The Morgan fingerprint density at radius 2 is 1.35 bits per heavy atom. The van der Waals surface area contributed by atoms with Crippen molar-refractivity contribution in [2.45, 2.75) is 0 Å². The van der Waals surface area contributed by atoms with E-state index < -0.39 is 0 Å². The van der Waals surface area contributed by atoms with Crippen LogP contribution in [0.3, 0.4) is 0 Å². The molecule has 0 saturated carbocycles. The molecule has 3 rings (SSSR count). The zero-order valence-corrected chi connectivity index (χ0v) is 11.7. The molecular weight excluding hydrogens is 295 g/mol. The Morgan fingerprint density at radius 3 is 1.95 bits per heavy atom. The van der Waals surface area contributed by atoms with Crippen LogP contribution in [-0.2, 0) is 0 Å². The normalized spacial score (nSPS) is 10.5. The maximum Gasteiger partial charge on any atom is 0.227 e. The molecule has 0 unspecified atom stereocenters. The van der Waals surface area contributed by atoms with E-state index in [0.717, 1.165) is 16.8 Å². The molecule has 0 N–H and O–H groups in total. The second-order valence-electron chi connectivity index (χ2n) is 3.99. The molecular formula is C14H8Cl2N4. The number of pyridine rings is 1. The topological polar surface area (TPSA) is 51.6 Å². The first-order valence-electron chi connectivity index (χ1n) is 5.81. The molecule has 0 fully saturated rings. The van der Waals surface area contributed by atoms with Gasteiger partial charge in [0, 0.05) is 17.3 Å². The third-order valence-electron chi connectivity index (χ3n) is 2.68. The van der Waals surface area contributed by atoms with Crippen LogP contribution < -0.4 is 0 Å². The van der Waals surface area contributed by atoms with Crippen molar-refractivity contribution in [1.82, 2.24) is 19.9 Å². The summed E-state index contributed by atoms with van der Waals surface area (Å²) >= 11 is 11.5. The van der Waals surface area contributed by atoms with Crippen LogP contribution in [0.5, 0.6) is 0 Å². The van der Waals surface area contributed by atoms with Crippen molar-refractivity contribution in [3.63, 3.8) is 0 Å². The number of aromatic nitrogens is 4. The second-order valence-corrected chi connectivity index (χ2v) is 4.67. The van der Waals surface area contributed by atoms with E-state index in [4.69, 9.17) is 23.2 Å². The first-order chi connectivity index (χ1) is 9.72. The van der Waals surface area contributed by atoms with Gasteiger partial charge in [-0.3, -0.25) is 4.98 Å². The summed E-state index contributed by atoms with van der Waals surface area (Å²) in [6, 6.07) is 13.5. The van der Waals surface area contributed by atoms with Crippen LogP contribution in [0.15, 0.2) is 48.7 Å². The number of halogens is 2. The first-order valence-corrected chi connectivity index (χ1v) is 6.57. The van der Waals surface area contributed by atoms with Gasteiger partial charge in [0.05, 0.1) is 5.69 Å². The third kappa shape index (κ3) is 2.76. The van der Waals surface area contributed by atoms with Crippen LogP contribution in [0.25, 0.3) is 22.6 Å². The molecule has 0 saturated heterocycles. The maximum atomic E-state index is 5.77. The van der Waals surface area contributed by atoms with Crippen molar-refractivity contribution in [2.75, 3.05) is 0 Å². The maximum absolute atomic E-state index is 5.77. The lowest BCUT2D eigenvalue weighted by molar-refractivity contribution is 1.06. The molecule has 1 aromatic carbocycles. The number of benzene rings is 1. The molecule has 98 valence electrons. The molecule has 3 aromatic rings. The van der Waals surface area contributed by atoms with Crippen molar-refractivity contribution in [3.8, 4) is 22.6 Å². The first kappa shape index (κ1) is 13.0. The summed E-state index contributed by atoms with van der Waals surface area (Å²) in [7, 11) is 0. The van der Waals surface area contributed by atoms with Gasteiger partial charge in [-0.05, 0) is 35.3 Å². The number of nitrogens with zero attached hydrogens (tertiary/aromatic N) is 4. The molecule has 0 aliphatic heterocycles. The summed E-state index contributed by atoms with van der Waals surface area (Å²) in [5.74, 6) is 0.447. The van der Waals surface area contributed by atoms with Gasteiger partial charge >= 0.3 is 0 Å². The van der Waals surface area contributed by atoms with Crippen molar-refractivity contribution >= 4 is 23.2 Å². The zero-order valence-electron chi connectivity index (χ0n) is 10.2. The standard InChI is InChI=1S/C14H8Cl2N4/c15-13-18-12(19-14(16)20-13)10-6-4-9(5-7-10)11-3-1-2-8-17-11/h1-8H. The van der Waals surface area contributed by atoms with E-state index in [0.29, 0.717) is 5.82 Å². The van der Waals surface area contributed by atoms with Crippen LogP contribution in [-0.4, -0.2) is 19.9 Å². The van der Waals surface area contributed by atoms with Crippen molar-refractivity contribution in [1.29, 1.82) is 0 Å². The lowest BCUT2D eigenvalue weighted by atomic mass is 10.1. The largest absolute Gasteiger partial charge is 0.256 e. The number of hydrogen-bond acceptors (Lipinski definition) is 4. The predicted octanol–water partition coefficient (Wildman–Crippen LogP) is 3.91. The van der Waals surface area contributed by atoms with Crippen molar-refractivity contribution in [3.05, 3.63) is 59.2 Å². The van der Waals surface area contributed by atoms with E-state index >= 15 is 0 Å². The number of hydrogen-bond donors (Lipinski definition) is 0. The number of rotatable bonds is 2. The van der Waals surface area contributed by atoms with Crippen molar-refractivity contribution < 1.29 is 0 Å². The van der Waals surface area contributed by atoms with Gasteiger partial charge in [0.15, 0.2) is 5.82 Å². The highest BCUT2D eigenvalue weighted by atomic mass is 35.5. The van der Waals surface area contributed by atoms with Crippen LogP contribution in [0, 0.1) is 0 Å². The predicted molar refractivity (Wildman–Crippen MR) is 78.5 cm³/mol. The molecule has 0 atom stereocenters. The molecule has 2 heterocycles. The highest BCUT2D eigenvalue weighted by Crippen LogP contribution is 2.22. The van der Waals surface area contributed by atoms with E-state index in [1.54, 1.807) is 6.20 Å². The molecule has 6 heteroatoms. The summed E-state index contributed by atoms with van der Waals surface area (Å²) in [6.45, 7) is 0. The van der Waals surface area contributed by atoms with Crippen LogP contribution >= 0.6 is 23.2 Å². The molecule has 0 bridgehead atoms. The highest BCUT2D eigenvalue weighted by Gasteiger charge is 2.06. The molecule has 0 radical (unpaired) electrons. The average Bonchev–Trinajstić information content (AvgIpc) is 2.47.